The maximum atomic E-state index is 10.5. The Balaban J connectivity index is 1.86. The van der Waals surface area contributed by atoms with Crippen LogP contribution in [0.3, 0.4) is 0 Å². The number of hydrogen-bond donors (Lipinski definition) is 2. The molecule has 0 aromatic heterocycles. The Labute approximate surface area is 133 Å². The molecule has 2 N–H and O–H groups in total. The standard InChI is InChI=1S/C20H25NO/c1-13-4-8-16(9-5-13)18-12-19(22)15(3)20(21-18)17-10-6-14(2)7-11-17/h4-11,15,18-22H,12H2,1-3H3. The van der Waals surface area contributed by atoms with Gasteiger partial charge in [-0.05, 0) is 31.4 Å². The highest BCUT2D eigenvalue weighted by molar-refractivity contribution is 5.29. The summed E-state index contributed by atoms with van der Waals surface area (Å²) in [6.45, 7) is 6.34. The van der Waals surface area contributed by atoms with Crippen molar-refractivity contribution in [3.63, 3.8) is 0 Å². The summed E-state index contributed by atoms with van der Waals surface area (Å²) >= 11 is 0. The lowest BCUT2D eigenvalue weighted by Crippen LogP contribution is -2.43. The Kier molecular flexibility index (Phi) is 4.32. The van der Waals surface area contributed by atoms with Crippen molar-refractivity contribution in [2.24, 2.45) is 5.92 Å². The number of aliphatic hydroxyl groups excluding tert-OH is 1. The first kappa shape index (κ1) is 15.3. The van der Waals surface area contributed by atoms with Crippen LogP contribution in [0.5, 0.6) is 0 Å². The smallest absolute Gasteiger partial charge is 0.0602 e. The van der Waals surface area contributed by atoms with E-state index in [1.807, 2.05) is 0 Å². The molecule has 3 rings (SSSR count). The molecule has 0 amide bonds. The molecule has 1 saturated heterocycles. The fourth-order valence-corrected chi connectivity index (χ4v) is 3.32. The van der Waals surface area contributed by atoms with Crippen LogP contribution in [-0.4, -0.2) is 11.2 Å². The van der Waals surface area contributed by atoms with Gasteiger partial charge in [-0.25, -0.2) is 0 Å². The predicted octanol–water partition coefficient (Wildman–Crippen LogP) is 4.08. The average molecular weight is 295 g/mol. The summed E-state index contributed by atoms with van der Waals surface area (Å²) < 4.78 is 0. The number of piperidine rings is 1. The van der Waals surface area contributed by atoms with Crippen molar-refractivity contribution in [1.82, 2.24) is 5.32 Å². The summed E-state index contributed by atoms with van der Waals surface area (Å²) in [6, 6.07) is 17.7. The largest absolute Gasteiger partial charge is 0.393 e. The molecule has 22 heavy (non-hydrogen) atoms. The predicted molar refractivity (Wildman–Crippen MR) is 90.8 cm³/mol. The van der Waals surface area contributed by atoms with E-state index < -0.39 is 0 Å². The van der Waals surface area contributed by atoms with Crippen LogP contribution in [0.15, 0.2) is 48.5 Å². The third-order valence-corrected chi connectivity index (χ3v) is 4.91. The fourth-order valence-electron chi connectivity index (χ4n) is 3.32. The van der Waals surface area contributed by atoms with Gasteiger partial charge in [0, 0.05) is 18.0 Å². The van der Waals surface area contributed by atoms with Gasteiger partial charge in [0.1, 0.15) is 0 Å². The van der Waals surface area contributed by atoms with Crippen LogP contribution >= 0.6 is 0 Å². The molecule has 0 aliphatic carbocycles. The van der Waals surface area contributed by atoms with Gasteiger partial charge >= 0.3 is 0 Å². The van der Waals surface area contributed by atoms with Crippen molar-refractivity contribution in [2.75, 3.05) is 0 Å². The molecular formula is C20H25NO. The van der Waals surface area contributed by atoms with E-state index in [2.05, 4.69) is 74.6 Å². The molecule has 2 heteroatoms. The van der Waals surface area contributed by atoms with E-state index >= 15 is 0 Å². The lowest BCUT2D eigenvalue weighted by molar-refractivity contribution is 0.0402. The highest BCUT2D eigenvalue weighted by Gasteiger charge is 2.34. The highest BCUT2D eigenvalue weighted by atomic mass is 16.3. The van der Waals surface area contributed by atoms with Gasteiger partial charge in [-0.15, -0.1) is 0 Å². The van der Waals surface area contributed by atoms with E-state index in [0.717, 1.165) is 6.42 Å². The number of rotatable bonds is 2. The van der Waals surface area contributed by atoms with E-state index in [4.69, 9.17) is 0 Å². The molecule has 0 bridgehead atoms. The molecule has 1 fully saturated rings. The van der Waals surface area contributed by atoms with Gasteiger partial charge in [0.15, 0.2) is 0 Å². The molecule has 1 aliphatic rings. The van der Waals surface area contributed by atoms with Crippen LogP contribution in [0.2, 0.25) is 0 Å². The molecule has 2 aromatic rings. The number of aryl methyl sites for hydroxylation is 2. The normalized spacial score (nSPS) is 28.5. The maximum Gasteiger partial charge on any atom is 0.0602 e. The quantitative estimate of drug-likeness (QED) is 0.875. The maximum absolute atomic E-state index is 10.5. The van der Waals surface area contributed by atoms with Gasteiger partial charge in [-0.2, -0.15) is 0 Å². The minimum atomic E-state index is -0.279. The summed E-state index contributed by atoms with van der Waals surface area (Å²) in [5.74, 6) is 0.212. The first-order valence-corrected chi connectivity index (χ1v) is 8.12. The number of benzene rings is 2. The van der Waals surface area contributed by atoms with E-state index in [-0.39, 0.29) is 24.1 Å². The molecule has 4 atom stereocenters. The minimum absolute atomic E-state index is 0.190. The summed E-state index contributed by atoms with van der Waals surface area (Å²) in [7, 11) is 0. The van der Waals surface area contributed by atoms with Crippen LogP contribution in [0.25, 0.3) is 0 Å². The van der Waals surface area contributed by atoms with Crippen molar-refractivity contribution in [3.05, 3.63) is 70.8 Å². The van der Waals surface area contributed by atoms with Crippen LogP contribution in [0.1, 0.15) is 47.7 Å². The zero-order chi connectivity index (χ0) is 15.7. The lowest BCUT2D eigenvalue weighted by atomic mass is 9.81. The van der Waals surface area contributed by atoms with Crippen molar-refractivity contribution in [2.45, 2.75) is 45.4 Å². The zero-order valence-electron chi connectivity index (χ0n) is 13.6. The average Bonchev–Trinajstić information content (AvgIpc) is 2.52. The van der Waals surface area contributed by atoms with Gasteiger partial charge in [-0.3, -0.25) is 0 Å². The Morgan fingerprint density at radius 2 is 1.36 bits per heavy atom. The van der Waals surface area contributed by atoms with Crippen molar-refractivity contribution >= 4 is 0 Å². The van der Waals surface area contributed by atoms with Crippen LogP contribution in [-0.2, 0) is 0 Å². The molecule has 2 aromatic carbocycles. The summed E-state index contributed by atoms with van der Waals surface area (Å²) in [6.07, 6.45) is 0.492. The SMILES string of the molecule is Cc1ccc(C2CC(O)C(C)C(c3ccc(C)cc3)N2)cc1. The van der Waals surface area contributed by atoms with Gasteiger partial charge in [0.05, 0.1) is 6.10 Å². The number of aliphatic hydroxyl groups is 1. The summed E-state index contributed by atoms with van der Waals surface area (Å²) in [5.41, 5.74) is 5.05. The van der Waals surface area contributed by atoms with E-state index in [9.17, 15) is 5.11 Å². The van der Waals surface area contributed by atoms with E-state index in [1.54, 1.807) is 0 Å². The van der Waals surface area contributed by atoms with Crippen molar-refractivity contribution < 1.29 is 5.11 Å². The summed E-state index contributed by atoms with van der Waals surface area (Å²) in [5, 5.41) is 14.3. The number of nitrogens with one attached hydrogen (secondary N) is 1. The van der Waals surface area contributed by atoms with Crippen LogP contribution < -0.4 is 5.32 Å². The van der Waals surface area contributed by atoms with Gasteiger partial charge in [0.2, 0.25) is 0 Å². The van der Waals surface area contributed by atoms with Gasteiger partial charge < -0.3 is 10.4 Å². The monoisotopic (exact) mass is 295 g/mol. The molecule has 4 unspecified atom stereocenters. The lowest BCUT2D eigenvalue weighted by Gasteiger charge is -2.40. The Morgan fingerprint density at radius 1 is 0.864 bits per heavy atom. The second-order valence-electron chi connectivity index (χ2n) is 6.68. The van der Waals surface area contributed by atoms with Gasteiger partial charge in [-0.1, -0.05) is 66.6 Å². The fraction of sp³-hybridized carbons (Fsp3) is 0.400. The Morgan fingerprint density at radius 3 is 1.91 bits per heavy atom. The molecule has 1 aliphatic heterocycles. The number of hydrogen-bond acceptors (Lipinski definition) is 2. The van der Waals surface area contributed by atoms with Gasteiger partial charge in [0.25, 0.3) is 0 Å². The molecule has 116 valence electrons. The second-order valence-corrected chi connectivity index (χ2v) is 6.68. The van der Waals surface area contributed by atoms with Crippen LogP contribution in [0.4, 0.5) is 0 Å². The topological polar surface area (TPSA) is 32.3 Å². The summed E-state index contributed by atoms with van der Waals surface area (Å²) in [4.78, 5) is 0. The zero-order valence-corrected chi connectivity index (χ0v) is 13.6. The van der Waals surface area contributed by atoms with E-state index in [0.29, 0.717) is 0 Å². The molecule has 0 saturated carbocycles. The molecule has 2 nitrogen and oxygen atoms in total. The Bertz CT molecular complexity index is 617. The van der Waals surface area contributed by atoms with Crippen molar-refractivity contribution in [1.29, 1.82) is 0 Å². The second kappa shape index (κ2) is 6.23. The van der Waals surface area contributed by atoms with E-state index in [1.165, 1.54) is 22.3 Å². The first-order valence-electron chi connectivity index (χ1n) is 8.12. The highest BCUT2D eigenvalue weighted by Crippen LogP contribution is 2.37. The molecule has 1 heterocycles. The first-order chi connectivity index (χ1) is 10.5. The molecular weight excluding hydrogens is 270 g/mol. The minimum Gasteiger partial charge on any atom is -0.393 e. The van der Waals surface area contributed by atoms with Crippen LogP contribution in [0, 0.1) is 19.8 Å². The molecule has 0 spiro atoms. The molecule has 0 radical (unpaired) electrons. The van der Waals surface area contributed by atoms with Crippen molar-refractivity contribution in [3.8, 4) is 0 Å². The Hall–Kier alpha value is -1.64. The third kappa shape index (κ3) is 3.08. The third-order valence-electron chi connectivity index (χ3n) is 4.91.